The molecule has 0 fully saturated rings. The van der Waals surface area contributed by atoms with Crippen molar-refractivity contribution in [1.82, 2.24) is 0 Å². The van der Waals surface area contributed by atoms with Crippen molar-refractivity contribution in [3.63, 3.8) is 0 Å². The Kier molecular flexibility index (Phi) is 5.40. The Morgan fingerprint density at radius 3 is 2.71 bits per heavy atom. The fraction of sp³-hybridized carbons (Fsp3) is 0.308. The topological polar surface area (TPSA) is 26.3 Å². The fourth-order valence-electron chi connectivity index (χ4n) is 1.42. The zero-order valence-electron chi connectivity index (χ0n) is 9.80. The van der Waals surface area contributed by atoms with Crippen molar-refractivity contribution in [3.8, 4) is 5.75 Å². The summed E-state index contributed by atoms with van der Waals surface area (Å²) in [6, 6.07) is 3.84. The van der Waals surface area contributed by atoms with Gasteiger partial charge in [0.1, 0.15) is 5.75 Å². The Hall–Kier alpha value is -0.610. The molecule has 4 heteroatoms. The number of rotatable bonds is 4. The molecule has 0 heterocycles. The number of hydrogen-bond acceptors (Lipinski definition) is 2. The quantitative estimate of drug-likeness (QED) is 0.436. The Balaban J connectivity index is 3.24. The maximum absolute atomic E-state index is 11.3. The number of esters is 1. The molecule has 0 amide bonds. The number of ether oxygens (including phenoxy) is 1. The molecule has 1 atom stereocenters. The van der Waals surface area contributed by atoms with E-state index in [0.29, 0.717) is 11.7 Å². The minimum absolute atomic E-state index is 0.316. The highest BCUT2D eigenvalue weighted by Gasteiger charge is 2.16. The van der Waals surface area contributed by atoms with Crippen molar-refractivity contribution in [2.45, 2.75) is 26.2 Å². The molecule has 0 saturated carbocycles. The smallest absolute Gasteiger partial charge is 0.335 e. The first-order valence-corrected chi connectivity index (χ1v) is 6.91. The molecule has 0 aliphatic rings. The van der Waals surface area contributed by atoms with Gasteiger partial charge in [-0.25, -0.2) is 4.79 Å². The van der Waals surface area contributed by atoms with Crippen LogP contribution in [0.2, 0.25) is 0 Å². The molecule has 0 spiro atoms. The van der Waals surface area contributed by atoms with Gasteiger partial charge in [0.05, 0.1) is 4.47 Å². The maximum atomic E-state index is 11.3. The van der Waals surface area contributed by atoms with E-state index < -0.39 is 5.97 Å². The normalized spacial score (nSPS) is 12.0. The third-order valence-corrected chi connectivity index (χ3v) is 3.60. The molecule has 2 nitrogen and oxygen atoms in total. The third-order valence-electron chi connectivity index (χ3n) is 2.55. The van der Waals surface area contributed by atoms with Gasteiger partial charge in [-0.1, -0.05) is 36.4 Å². The van der Waals surface area contributed by atoms with Gasteiger partial charge < -0.3 is 4.74 Å². The molecule has 0 N–H and O–H groups in total. The van der Waals surface area contributed by atoms with Gasteiger partial charge in [0.25, 0.3) is 0 Å². The zero-order valence-corrected chi connectivity index (χ0v) is 13.0. The molecule has 0 aliphatic heterocycles. The first-order valence-electron chi connectivity index (χ1n) is 5.32. The summed E-state index contributed by atoms with van der Waals surface area (Å²) in [6.45, 7) is 7.59. The van der Waals surface area contributed by atoms with E-state index >= 15 is 0 Å². The van der Waals surface area contributed by atoms with Crippen molar-refractivity contribution in [2.75, 3.05) is 0 Å². The molecule has 0 aliphatic carbocycles. The van der Waals surface area contributed by atoms with Gasteiger partial charge in [0.15, 0.2) is 0 Å². The van der Waals surface area contributed by atoms with E-state index in [2.05, 4.69) is 52.3 Å². The summed E-state index contributed by atoms with van der Waals surface area (Å²) in [4.78, 5) is 11.3. The first kappa shape index (κ1) is 14.5. The highest BCUT2D eigenvalue weighted by Crippen LogP contribution is 2.38. The van der Waals surface area contributed by atoms with Crippen molar-refractivity contribution in [3.05, 3.63) is 39.3 Å². The highest BCUT2D eigenvalue weighted by atomic mass is 79.9. The van der Waals surface area contributed by atoms with Gasteiger partial charge in [-0.2, -0.15) is 0 Å². The van der Waals surface area contributed by atoms with Crippen molar-refractivity contribution in [1.29, 1.82) is 0 Å². The number of hydrogen-bond donors (Lipinski definition) is 0. The van der Waals surface area contributed by atoms with Crippen molar-refractivity contribution < 1.29 is 9.53 Å². The van der Waals surface area contributed by atoms with Gasteiger partial charge in [-0.15, -0.1) is 0 Å². The molecule has 1 rings (SSSR count). The van der Waals surface area contributed by atoms with Crippen LogP contribution in [-0.2, 0) is 4.79 Å². The monoisotopic (exact) mass is 360 g/mol. The lowest BCUT2D eigenvalue weighted by molar-refractivity contribution is -0.129. The molecule has 0 radical (unpaired) electrons. The highest BCUT2D eigenvalue weighted by molar-refractivity contribution is 9.11. The molecule has 17 heavy (non-hydrogen) atoms. The van der Waals surface area contributed by atoms with Gasteiger partial charge in [0.2, 0.25) is 0 Å². The lowest BCUT2D eigenvalue weighted by Crippen LogP contribution is -2.07. The molecule has 0 aromatic heterocycles. The van der Waals surface area contributed by atoms with Crippen LogP contribution < -0.4 is 4.74 Å². The summed E-state index contributed by atoms with van der Waals surface area (Å²) < 4.78 is 7.00. The SMILES string of the molecule is C=CC(=O)Oc1c(Br)cc(Br)cc1C(C)CC. The summed E-state index contributed by atoms with van der Waals surface area (Å²) in [7, 11) is 0. The summed E-state index contributed by atoms with van der Waals surface area (Å²) >= 11 is 6.85. The van der Waals surface area contributed by atoms with Crippen molar-refractivity contribution in [2.24, 2.45) is 0 Å². The Morgan fingerprint density at radius 2 is 2.18 bits per heavy atom. The van der Waals surface area contributed by atoms with Crippen LogP contribution in [-0.4, -0.2) is 5.97 Å². The maximum Gasteiger partial charge on any atom is 0.335 e. The van der Waals surface area contributed by atoms with Crippen LogP contribution in [0.15, 0.2) is 33.7 Å². The minimum atomic E-state index is -0.447. The molecule has 1 aromatic carbocycles. The largest absolute Gasteiger partial charge is 0.422 e. The molecular weight excluding hydrogens is 348 g/mol. The van der Waals surface area contributed by atoms with Crippen LogP contribution >= 0.6 is 31.9 Å². The van der Waals surface area contributed by atoms with E-state index in [-0.39, 0.29) is 0 Å². The van der Waals surface area contributed by atoms with Crippen LogP contribution in [0.3, 0.4) is 0 Å². The number of halogens is 2. The number of carbonyl (C=O) groups is 1. The lowest BCUT2D eigenvalue weighted by atomic mass is 9.98. The first-order chi connectivity index (χ1) is 7.99. The standard InChI is InChI=1S/C13H14Br2O2/c1-4-8(3)10-6-9(14)7-11(15)13(10)17-12(16)5-2/h5-8H,2,4H2,1,3H3. The van der Waals surface area contributed by atoms with Crippen LogP contribution in [0.4, 0.5) is 0 Å². The lowest BCUT2D eigenvalue weighted by Gasteiger charge is -2.16. The van der Waals surface area contributed by atoms with Gasteiger partial charge in [-0.05, 0) is 40.4 Å². The number of benzene rings is 1. The summed E-state index contributed by atoms with van der Waals surface area (Å²) in [5, 5.41) is 0. The van der Waals surface area contributed by atoms with E-state index in [1.807, 2.05) is 12.1 Å². The molecule has 0 saturated heterocycles. The summed E-state index contributed by atoms with van der Waals surface area (Å²) in [5.74, 6) is 0.446. The van der Waals surface area contributed by atoms with Crippen LogP contribution in [0, 0.1) is 0 Å². The predicted molar refractivity (Wildman–Crippen MR) is 76.4 cm³/mol. The minimum Gasteiger partial charge on any atom is -0.422 e. The molecule has 92 valence electrons. The Labute approximate surface area is 118 Å². The van der Waals surface area contributed by atoms with Crippen LogP contribution in [0.25, 0.3) is 0 Å². The Bertz CT molecular complexity index is 441. The second kappa shape index (κ2) is 6.36. The second-order valence-corrected chi connectivity index (χ2v) is 5.51. The van der Waals surface area contributed by atoms with Crippen LogP contribution in [0.5, 0.6) is 5.75 Å². The molecular formula is C13H14Br2O2. The van der Waals surface area contributed by atoms with E-state index in [0.717, 1.165) is 27.0 Å². The zero-order chi connectivity index (χ0) is 13.0. The van der Waals surface area contributed by atoms with Crippen molar-refractivity contribution >= 4 is 37.8 Å². The van der Waals surface area contributed by atoms with Crippen LogP contribution in [0.1, 0.15) is 31.7 Å². The van der Waals surface area contributed by atoms with Gasteiger partial charge in [-0.3, -0.25) is 0 Å². The molecule has 1 unspecified atom stereocenters. The van der Waals surface area contributed by atoms with Gasteiger partial charge in [0, 0.05) is 16.1 Å². The van der Waals surface area contributed by atoms with Gasteiger partial charge >= 0.3 is 5.97 Å². The average molecular weight is 362 g/mol. The molecule has 0 bridgehead atoms. The molecule has 1 aromatic rings. The van der Waals surface area contributed by atoms with E-state index in [1.54, 1.807) is 0 Å². The predicted octanol–water partition coefficient (Wildman–Crippen LogP) is 4.82. The average Bonchev–Trinajstić information content (AvgIpc) is 2.30. The summed E-state index contributed by atoms with van der Waals surface area (Å²) in [6.07, 6.45) is 2.14. The van der Waals surface area contributed by atoms with E-state index in [1.165, 1.54) is 0 Å². The number of carbonyl (C=O) groups excluding carboxylic acids is 1. The summed E-state index contributed by atoms with van der Waals surface area (Å²) in [5.41, 5.74) is 1.00. The third kappa shape index (κ3) is 3.68. The van der Waals surface area contributed by atoms with E-state index in [9.17, 15) is 4.79 Å². The van der Waals surface area contributed by atoms with E-state index in [4.69, 9.17) is 4.74 Å². The Morgan fingerprint density at radius 1 is 1.53 bits per heavy atom. The fourth-order valence-corrected chi connectivity index (χ4v) is 2.76. The second-order valence-electron chi connectivity index (χ2n) is 3.74.